The highest BCUT2D eigenvalue weighted by atomic mass is 16.5. The molecule has 1 heterocycles. The van der Waals surface area contributed by atoms with Crippen molar-refractivity contribution < 1.29 is 4.74 Å². The summed E-state index contributed by atoms with van der Waals surface area (Å²) in [6.45, 7) is 4.66. The van der Waals surface area contributed by atoms with E-state index in [0.717, 1.165) is 5.92 Å². The maximum absolute atomic E-state index is 5.02. The number of ether oxygens (including phenoxy) is 1. The summed E-state index contributed by atoms with van der Waals surface area (Å²) in [5.74, 6) is 2.11. The van der Waals surface area contributed by atoms with Crippen LogP contribution >= 0.6 is 0 Å². The first-order valence-corrected chi connectivity index (χ1v) is 9.65. The van der Waals surface area contributed by atoms with Gasteiger partial charge in [-0.15, -0.1) is 0 Å². The quantitative estimate of drug-likeness (QED) is 0.271. The highest BCUT2D eigenvalue weighted by molar-refractivity contribution is 5.01. The van der Waals surface area contributed by atoms with Gasteiger partial charge in [0.05, 0.1) is 0 Å². The van der Waals surface area contributed by atoms with Crippen molar-refractivity contribution in [2.45, 2.75) is 110 Å². The number of hydrogen-bond acceptors (Lipinski definition) is 1. The highest BCUT2D eigenvalue weighted by Crippen LogP contribution is 2.21. The van der Waals surface area contributed by atoms with Gasteiger partial charge in [-0.25, -0.2) is 0 Å². The summed E-state index contributed by atoms with van der Waals surface area (Å²) >= 11 is 0. The fourth-order valence-electron chi connectivity index (χ4n) is 2.96. The Labute approximate surface area is 133 Å². The number of allylic oxidation sites excluding steroid dienone is 1. The average Bonchev–Trinajstić information content (AvgIpc) is 3.27. The Bertz CT molecular complexity index is 255. The first-order valence-electron chi connectivity index (χ1n) is 9.65. The zero-order chi connectivity index (χ0) is 15.2. The SMILES string of the molecule is CC(C)CCCCCCCCCCCCCCCC1=CO1. The highest BCUT2D eigenvalue weighted by Gasteiger charge is 2.07. The van der Waals surface area contributed by atoms with Gasteiger partial charge in [0.1, 0.15) is 12.0 Å². The van der Waals surface area contributed by atoms with Crippen molar-refractivity contribution in [3.8, 4) is 0 Å². The van der Waals surface area contributed by atoms with Gasteiger partial charge in [0, 0.05) is 6.42 Å². The van der Waals surface area contributed by atoms with Crippen LogP contribution in [0.4, 0.5) is 0 Å². The van der Waals surface area contributed by atoms with Gasteiger partial charge < -0.3 is 4.74 Å². The van der Waals surface area contributed by atoms with Crippen LogP contribution in [-0.4, -0.2) is 0 Å². The molecular weight excluding hydrogens is 256 g/mol. The Morgan fingerprint density at radius 1 is 0.667 bits per heavy atom. The molecule has 0 aromatic heterocycles. The summed E-state index contributed by atoms with van der Waals surface area (Å²) < 4.78 is 5.02. The number of unbranched alkanes of at least 4 members (excludes halogenated alkanes) is 12. The summed E-state index contributed by atoms with van der Waals surface area (Å²) in [7, 11) is 0. The van der Waals surface area contributed by atoms with Gasteiger partial charge in [0.2, 0.25) is 0 Å². The molecule has 0 aromatic carbocycles. The predicted molar refractivity (Wildman–Crippen MR) is 93.3 cm³/mol. The normalized spacial score (nSPS) is 13.4. The molecule has 1 nitrogen and oxygen atoms in total. The van der Waals surface area contributed by atoms with Crippen LogP contribution in [-0.2, 0) is 4.74 Å². The van der Waals surface area contributed by atoms with Crippen LogP contribution in [0.3, 0.4) is 0 Å². The van der Waals surface area contributed by atoms with Crippen LogP contribution in [0.5, 0.6) is 0 Å². The lowest BCUT2D eigenvalue weighted by Gasteiger charge is -2.04. The van der Waals surface area contributed by atoms with Crippen molar-refractivity contribution in [3.05, 3.63) is 12.0 Å². The average molecular weight is 295 g/mol. The standard InChI is InChI=1S/C20H38O/c1-19(2)16-14-12-10-8-6-4-3-5-7-9-11-13-15-17-20-18-21-20/h18-19H,3-17H2,1-2H3. The van der Waals surface area contributed by atoms with Crippen LogP contribution in [0, 0.1) is 5.92 Å². The third-order valence-electron chi connectivity index (χ3n) is 4.49. The lowest BCUT2D eigenvalue weighted by molar-refractivity contribution is 0.469. The second-order valence-electron chi connectivity index (χ2n) is 7.23. The molecule has 0 spiro atoms. The Kier molecular flexibility index (Phi) is 11.7. The summed E-state index contributed by atoms with van der Waals surface area (Å²) in [6, 6.07) is 0. The van der Waals surface area contributed by atoms with Crippen LogP contribution < -0.4 is 0 Å². The molecule has 0 atom stereocenters. The number of rotatable bonds is 16. The van der Waals surface area contributed by atoms with E-state index >= 15 is 0 Å². The minimum absolute atomic E-state index is 0.893. The van der Waals surface area contributed by atoms with Crippen LogP contribution in [0.15, 0.2) is 12.0 Å². The molecule has 0 aromatic rings. The van der Waals surface area contributed by atoms with Crippen molar-refractivity contribution in [3.63, 3.8) is 0 Å². The molecule has 0 radical (unpaired) electrons. The van der Waals surface area contributed by atoms with Gasteiger partial charge in [-0.05, 0) is 12.3 Å². The minimum Gasteiger partial charge on any atom is -0.463 e. The third kappa shape index (κ3) is 14.2. The fourth-order valence-corrected chi connectivity index (χ4v) is 2.96. The van der Waals surface area contributed by atoms with E-state index < -0.39 is 0 Å². The molecule has 0 N–H and O–H groups in total. The predicted octanol–water partition coefficient (Wildman–Crippen LogP) is 7.37. The van der Waals surface area contributed by atoms with Crippen LogP contribution in [0.2, 0.25) is 0 Å². The minimum atomic E-state index is 0.893. The molecule has 0 saturated heterocycles. The van der Waals surface area contributed by atoms with Gasteiger partial charge in [-0.1, -0.05) is 97.3 Å². The molecule has 21 heavy (non-hydrogen) atoms. The van der Waals surface area contributed by atoms with Crippen molar-refractivity contribution in [1.82, 2.24) is 0 Å². The zero-order valence-electron chi connectivity index (χ0n) is 14.7. The molecule has 0 bridgehead atoms. The number of hydrogen-bond donors (Lipinski definition) is 0. The molecule has 0 saturated carbocycles. The third-order valence-corrected chi connectivity index (χ3v) is 4.49. The van der Waals surface area contributed by atoms with Crippen LogP contribution in [0.1, 0.15) is 110 Å². The van der Waals surface area contributed by atoms with E-state index in [9.17, 15) is 0 Å². The fraction of sp³-hybridized carbons (Fsp3) is 0.900. The Morgan fingerprint density at radius 3 is 1.43 bits per heavy atom. The van der Waals surface area contributed by atoms with E-state index in [0.29, 0.717) is 0 Å². The maximum Gasteiger partial charge on any atom is 0.138 e. The molecule has 0 amide bonds. The topological polar surface area (TPSA) is 12.5 Å². The van der Waals surface area contributed by atoms with Gasteiger partial charge in [-0.2, -0.15) is 0 Å². The largest absolute Gasteiger partial charge is 0.463 e. The molecule has 1 aliphatic heterocycles. The van der Waals surface area contributed by atoms with Gasteiger partial charge in [-0.3, -0.25) is 0 Å². The lowest BCUT2D eigenvalue weighted by atomic mass is 10.0. The van der Waals surface area contributed by atoms with E-state index in [4.69, 9.17) is 4.74 Å². The molecule has 1 aliphatic rings. The summed E-state index contributed by atoms with van der Waals surface area (Å²) in [5.41, 5.74) is 0. The summed E-state index contributed by atoms with van der Waals surface area (Å²) in [5, 5.41) is 0. The van der Waals surface area contributed by atoms with E-state index in [2.05, 4.69) is 13.8 Å². The van der Waals surface area contributed by atoms with E-state index in [1.54, 1.807) is 0 Å². The van der Waals surface area contributed by atoms with Crippen molar-refractivity contribution in [2.24, 2.45) is 5.92 Å². The maximum atomic E-state index is 5.02. The molecule has 124 valence electrons. The van der Waals surface area contributed by atoms with Crippen molar-refractivity contribution in [2.75, 3.05) is 0 Å². The van der Waals surface area contributed by atoms with Crippen molar-refractivity contribution >= 4 is 0 Å². The van der Waals surface area contributed by atoms with Crippen molar-refractivity contribution in [1.29, 1.82) is 0 Å². The Hall–Kier alpha value is -0.460. The molecule has 1 heteroatoms. The monoisotopic (exact) mass is 294 g/mol. The summed E-state index contributed by atoms with van der Waals surface area (Å²) in [6.07, 6.45) is 23.2. The molecule has 0 aliphatic carbocycles. The van der Waals surface area contributed by atoms with Gasteiger partial charge in [0.15, 0.2) is 0 Å². The second-order valence-corrected chi connectivity index (χ2v) is 7.23. The molecule has 0 unspecified atom stereocenters. The van der Waals surface area contributed by atoms with E-state index in [1.165, 1.54) is 102 Å². The summed E-state index contributed by atoms with van der Waals surface area (Å²) in [4.78, 5) is 0. The van der Waals surface area contributed by atoms with E-state index in [-0.39, 0.29) is 0 Å². The molecule has 0 fully saturated rings. The van der Waals surface area contributed by atoms with E-state index in [1.807, 2.05) is 6.26 Å². The van der Waals surface area contributed by atoms with Gasteiger partial charge in [0.25, 0.3) is 0 Å². The first-order chi connectivity index (χ1) is 10.3. The second kappa shape index (κ2) is 13.2. The Morgan fingerprint density at radius 2 is 1.05 bits per heavy atom. The lowest BCUT2D eigenvalue weighted by Crippen LogP contribution is -1.87. The Balaban J connectivity index is 1.62. The van der Waals surface area contributed by atoms with Gasteiger partial charge >= 0.3 is 0 Å². The van der Waals surface area contributed by atoms with Crippen LogP contribution in [0.25, 0.3) is 0 Å². The smallest absolute Gasteiger partial charge is 0.138 e. The zero-order valence-corrected chi connectivity index (χ0v) is 14.7. The molecule has 1 rings (SSSR count). The first kappa shape index (κ1) is 18.6. The molecular formula is C20H38O.